The normalized spacial score (nSPS) is 37.7. The van der Waals surface area contributed by atoms with Crippen molar-refractivity contribution >= 4 is 58.4 Å². The minimum Gasteiger partial charge on any atom is -0.508 e. The third kappa shape index (κ3) is 8.35. The molecule has 15 atom stereocenters. The van der Waals surface area contributed by atoms with E-state index in [1.807, 2.05) is 0 Å². The van der Waals surface area contributed by atoms with E-state index in [9.17, 15) is 99.6 Å². The van der Waals surface area contributed by atoms with Gasteiger partial charge in [-0.1, -0.05) is 42.5 Å². The lowest BCUT2D eigenvalue weighted by Gasteiger charge is -2.48. The maximum atomic E-state index is 14.5. The molecular formula is C43H42O22. The number of ether oxygens (including phenoxy) is 2. The minimum absolute atomic E-state index is 0.0755. The van der Waals surface area contributed by atoms with E-state index in [4.69, 9.17) is 9.47 Å². The highest BCUT2D eigenvalue weighted by Gasteiger charge is 2.69. The van der Waals surface area contributed by atoms with Crippen LogP contribution in [0, 0.1) is 17.8 Å². The lowest BCUT2D eigenvalue weighted by molar-refractivity contribution is -0.263. The molecule has 65 heavy (non-hydrogen) atoms. The van der Waals surface area contributed by atoms with Gasteiger partial charge < -0.3 is 70.8 Å². The molecule has 2 aromatic carbocycles. The molecular weight excluding hydrogens is 868 g/mol. The molecule has 2 heterocycles. The SMILES string of the molecule is O=C(C=Cc1ccc(O)cc1)C1C(=O)C(=CC2C(=O)C(C(=O)C=Cc3ccc(O)cc3)C(=O)[C@](O)([C@@H]3O[C@H](CO)[C@@H](O)[C@H](O)[C@H]3O)C2=O)C(=O)[C@](O)([C@@H]2O[C@H](CO)[C@@H](O)[C@H](O)[C@H]2O)C1=O. The number of allylic oxidation sites excluding steroid dienone is 3. The molecule has 22 nitrogen and oxygen atoms in total. The van der Waals surface area contributed by atoms with Crippen LogP contribution in [-0.2, 0) is 47.8 Å². The molecule has 4 fully saturated rings. The van der Waals surface area contributed by atoms with Crippen LogP contribution in [0.2, 0.25) is 0 Å². The summed E-state index contributed by atoms with van der Waals surface area (Å²) in [4.78, 5) is 114. The van der Waals surface area contributed by atoms with Crippen molar-refractivity contribution in [2.24, 2.45) is 17.8 Å². The van der Waals surface area contributed by atoms with Crippen molar-refractivity contribution in [3.63, 3.8) is 0 Å². The summed E-state index contributed by atoms with van der Waals surface area (Å²) in [7, 11) is 0. The number of phenolic OH excluding ortho intramolecular Hbond substituents is 2. The zero-order valence-electron chi connectivity index (χ0n) is 33.4. The zero-order chi connectivity index (χ0) is 48.0. The third-order valence-corrected chi connectivity index (χ3v) is 11.8. The molecule has 0 aromatic heterocycles. The first-order chi connectivity index (χ1) is 30.5. The van der Waals surface area contributed by atoms with Gasteiger partial charge in [0.1, 0.15) is 90.3 Å². The summed E-state index contributed by atoms with van der Waals surface area (Å²) in [5.41, 5.74) is -9.19. The monoisotopic (exact) mass is 910 g/mol. The molecule has 0 spiro atoms. The van der Waals surface area contributed by atoms with Crippen LogP contribution in [0.25, 0.3) is 12.2 Å². The number of carbonyl (C=O) groups is 8. The van der Waals surface area contributed by atoms with E-state index < -0.39 is 155 Å². The summed E-state index contributed by atoms with van der Waals surface area (Å²) in [6, 6.07) is 9.87. The third-order valence-electron chi connectivity index (χ3n) is 11.8. The number of hydrogen-bond acceptors (Lipinski definition) is 22. The second kappa shape index (κ2) is 18.6. The summed E-state index contributed by atoms with van der Waals surface area (Å²) in [6.07, 6.45) is -20.3. The van der Waals surface area contributed by atoms with Gasteiger partial charge in [-0.2, -0.15) is 0 Å². The van der Waals surface area contributed by atoms with Crippen molar-refractivity contribution in [2.45, 2.75) is 72.2 Å². The van der Waals surface area contributed by atoms with Gasteiger partial charge in [-0.25, -0.2) is 0 Å². The first kappa shape index (κ1) is 48.6. The first-order valence-electron chi connectivity index (χ1n) is 19.6. The summed E-state index contributed by atoms with van der Waals surface area (Å²) >= 11 is 0. The fourth-order valence-corrected chi connectivity index (χ4v) is 8.11. The van der Waals surface area contributed by atoms with Crippen molar-refractivity contribution < 1.29 is 109 Å². The van der Waals surface area contributed by atoms with Gasteiger partial charge in [0.05, 0.1) is 18.8 Å². The standard InChI is InChI=1S/C43H42O22/c44-14-24-30(52)32(54)34(56)40(64-24)42(62)36(58)20(28(50)26(38(42)60)22(48)11-5-16-1-7-18(46)8-2-16)13-21-29(51)27(23(49)12-6-17-3-9-19(47)10-4-17)39(61)43(63,37(21)59)41-35(57)33(55)31(53)25(15-45)65-41/h1-13,20,24-27,30-35,40-41,44-47,52-57,62-63H,14-15H2/t20?,24-,25-,26?,27?,30-,31-,32+,33+,34-,35-,40-,41-,42+,43-/m1/s1. The van der Waals surface area contributed by atoms with Crippen LogP contribution >= 0.6 is 0 Å². The molecule has 2 saturated heterocycles. The van der Waals surface area contributed by atoms with Crippen molar-refractivity contribution in [2.75, 3.05) is 13.2 Å². The van der Waals surface area contributed by atoms with Crippen LogP contribution in [0.3, 0.4) is 0 Å². The van der Waals surface area contributed by atoms with E-state index in [0.29, 0.717) is 12.2 Å². The molecule has 12 N–H and O–H groups in total. The second-order valence-corrected chi connectivity index (χ2v) is 15.8. The van der Waals surface area contributed by atoms with Crippen LogP contribution in [0.15, 0.2) is 72.3 Å². The Kier molecular flexibility index (Phi) is 13.9. The van der Waals surface area contributed by atoms with Gasteiger partial charge in [-0.15, -0.1) is 0 Å². The van der Waals surface area contributed by atoms with Crippen molar-refractivity contribution in [1.29, 1.82) is 0 Å². The van der Waals surface area contributed by atoms with Crippen molar-refractivity contribution in [3.8, 4) is 11.5 Å². The Bertz CT molecular complexity index is 2370. The number of carbonyl (C=O) groups excluding carboxylic acids is 8. The topological polar surface area (TPSA) is 398 Å². The summed E-state index contributed by atoms with van der Waals surface area (Å²) in [6.45, 7) is -2.38. The highest BCUT2D eigenvalue weighted by Crippen LogP contribution is 2.42. The summed E-state index contributed by atoms with van der Waals surface area (Å²) < 4.78 is 10.6. The molecule has 2 saturated carbocycles. The molecule has 0 radical (unpaired) electrons. The number of benzene rings is 2. The fraction of sp³-hybridized carbons (Fsp3) is 0.395. The quantitative estimate of drug-likeness (QED) is 0.0568. The smallest absolute Gasteiger partial charge is 0.216 e. The maximum Gasteiger partial charge on any atom is 0.216 e. The lowest BCUT2D eigenvalue weighted by atomic mass is 9.62. The average molecular weight is 911 g/mol. The highest BCUT2D eigenvalue weighted by molar-refractivity contribution is 6.45. The van der Waals surface area contributed by atoms with E-state index in [0.717, 1.165) is 12.2 Å². The predicted molar refractivity (Wildman–Crippen MR) is 210 cm³/mol. The Balaban J connectivity index is 1.53. The molecule has 4 aliphatic rings. The number of aromatic hydroxyl groups is 2. The van der Waals surface area contributed by atoms with Crippen LogP contribution in [-0.4, -0.2) is 193 Å². The van der Waals surface area contributed by atoms with Crippen LogP contribution < -0.4 is 0 Å². The number of rotatable bonds is 11. The highest BCUT2D eigenvalue weighted by atomic mass is 16.6. The van der Waals surface area contributed by atoms with Crippen LogP contribution in [0.5, 0.6) is 11.5 Å². The van der Waals surface area contributed by atoms with Crippen molar-refractivity contribution in [1.82, 2.24) is 0 Å². The number of Topliss-reactive ketones (excluding diaryl/α,β-unsaturated/α-hetero) is 6. The van der Waals surface area contributed by atoms with E-state index in [2.05, 4.69) is 0 Å². The van der Waals surface area contributed by atoms with E-state index in [1.165, 1.54) is 48.5 Å². The number of aliphatic hydroxyl groups is 10. The Morgan fingerprint density at radius 1 is 0.554 bits per heavy atom. The summed E-state index contributed by atoms with van der Waals surface area (Å²) in [5.74, 6) is -23.9. The average Bonchev–Trinajstić information content (AvgIpc) is 3.28. The number of phenols is 2. The van der Waals surface area contributed by atoms with Gasteiger partial charge in [-0.05, 0) is 47.5 Å². The lowest BCUT2D eigenvalue weighted by Crippen LogP contribution is -2.74. The number of aliphatic hydroxyl groups excluding tert-OH is 8. The largest absolute Gasteiger partial charge is 0.508 e. The van der Waals surface area contributed by atoms with Crippen LogP contribution in [0.4, 0.5) is 0 Å². The van der Waals surface area contributed by atoms with Gasteiger partial charge in [0.25, 0.3) is 0 Å². The Morgan fingerprint density at radius 3 is 1.38 bits per heavy atom. The van der Waals surface area contributed by atoms with Crippen molar-refractivity contribution in [3.05, 3.63) is 83.5 Å². The minimum atomic E-state index is -3.98. The van der Waals surface area contributed by atoms with Gasteiger partial charge in [0.2, 0.25) is 17.0 Å². The van der Waals surface area contributed by atoms with E-state index in [1.54, 1.807) is 0 Å². The molecule has 2 aliphatic heterocycles. The molecule has 6 rings (SSSR count). The van der Waals surface area contributed by atoms with Crippen LogP contribution in [0.1, 0.15) is 11.1 Å². The zero-order valence-corrected chi connectivity index (χ0v) is 33.4. The predicted octanol–water partition coefficient (Wildman–Crippen LogP) is -5.67. The Morgan fingerprint density at radius 2 is 0.954 bits per heavy atom. The van der Waals surface area contributed by atoms with Gasteiger partial charge in [-0.3, -0.25) is 38.4 Å². The van der Waals surface area contributed by atoms with E-state index in [-0.39, 0.29) is 28.7 Å². The first-order valence-corrected chi connectivity index (χ1v) is 19.6. The molecule has 0 amide bonds. The van der Waals surface area contributed by atoms with E-state index >= 15 is 0 Å². The van der Waals surface area contributed by atoms with Gasteiger partial charge >= 0.3 is 0 Å². The summed E-state index contributed by atoms with van der Waals surface area (Å²) in [5, 5.41) is 127. The fourth-order valence-electron chi connectivity index (χ4n) is 8.11. The molecule has 22 heteroatoms. The number of hydrogen-bond donors (Lipinski definition) is 12. The molecule has 2 aliphatic carbocycles. The van der Waals surface area contributed by atoms with Gasteiger partial charge in [0, 0.05) is 0 Å². The Hall–Kier alpha value is -5.86. The maximum absolute atomic E-state index is 14.5. The molecule has 0 bridgehead atoms. The molecule has 2 aromatic rings. The molecule has 3 unspecified atom stereocenters. The Labute approximate surface area is 365 Å². The number of ketones is 8. The second-order valence-electron chi connectivity index (χ2n) is 15.8. The van der Waals surface area contributed by atoms with Gasteiger partial charge in [0.15, 0.2) is 40.5 Å². The molecule has 346 valence electrons.